The Bertz CT molecular complexity index is 289. The third kappa shape index (κ3) is 7.20. The summed E-state index contributed by atoms with van der Waals surface area (Å²) in [5.74, 6) is 0. The molecule has 0 bridgehead atoms. The first kappa shape index (κ1) is 15.8. The average molecular weight is 311 g/mol. The lowest BCUT2D eigenvalue weighted by Gasteiger charge is -2.03. The van der Waals surface area contributed by atoms with E-state index in [1.54, 1.807) is 0 Å². The molecule has 0 aliphatic rings. The summed E-state index contributed by atoms with van der Waals surface area (Å²) in [7, 11) is 0. The Balaban J connectivity index is 2.00. The van der Waals surface area contributed by atoms with Crippen molar-refractivity contribution in [3.63, 3.8) is 0 Å². The van der Waals surface area contributed by atoms with Crippen LogP contribution in [0.3, 0.4) is 0 Å². The number of hydrogen-bond donors (Lipinski definition) is 0. The van der Waals surface area contributed by atoms with Gasteiger partial charge in [0.25, 0.3) is 0 Å². The summed E-state index contributed by atoms with van der Waals surface area (Å²) >= 11 is 3.48. The van der Waals surface area contributed by atoms with Crippen LogP contribution in [0.4, 0.5) is 0 Å². The Hall–Kier alpha value is -0.300. The lowest BCUT2D eigenvalue weighted by Crippen LogP contribution is -1.88. The first-order valence-electron chi connectivity index (χ1n) is 7.50. The molecule has 0 amide bonds. The fraction of sp³-hybridized carbons (Fsp3) is 0.647. The zero-order valence-electron chi connectivity index (χ0n) is 11.8. The summed E-state index contributed by atoms with van der Waals surface area (Å²) in [5, 5.41) is 1.17. The molecule has 0 aliphatic carbocycles. The predicted molar refractivity (Wildman–Crippen MR) is 85.6 cm³/mol. The minimum atomic E-state index is 1.15. The van der Waals surface area contributed by atoms with Gasteiger partial charge in [-0.2, -0.15) is 0 Å². The minimum Gasteiger partial charge on any atom is -0.0928 e. The van der Waals surface area contributed by atoms with E-state index in [9.17, 15) is 0 Å². The van der Waals surface area contributed by atoms with E-state index >= 15 is 0 Å². The van der Waals surface area contributed by atoms with Crippen molar-refractivity contribution in [2.75, 3.05) is 5.33 Å². The first-order chi connectivity index (χ1) is 8.86. The van der Waals surface area contributed by atoms with Gasteiger partial charge in [-0.25, -0.2) is 0 Å². The second-order valence-electron chi connectivity index (χ2n) is 5.08. The van der Waals surface area contributed by atoms with Gasteiger partial charge in [-0.05, 0) is 36.8 Å². The highest BCUT2D eigenvalue weighted by Crippen LogP contribution is 2.12. The van der Waals surface area contributed by atoms with Crippen molar-refractivity contribution >= 4 is 15.9 Å². The predicted octanol–water partition coefficient (Wildman–Crippen LogP) is 5.92. The fourth-order valence-electron chi connectivity index (χ4n) is 2.25. The molecule has 0 nitrogen and oxygen atoms in total. The van der Waals surface area contributed by atoms with E-state index in [0.29, 0.717) is 0 Å². The van der Waals surface area contributed by atoms with Crippen molar-refractivity contribution in [2.45, 2.75) is 64.7 Å². The monoisotopic (exact) mass is 310 g/mol. The first-order valence-corrected chi connectivity index (χ1v) is 8.62. The summed E-state index contributed by atoms with van der Waals surface area (Å²) in [6.45, 7) is 2.21. The van der Waals surface area contributed by atoms with Crippen molar-refractivity contribution in [1.29, 1.82) is 0 Å². The van der Waals surface area contributed by atoms with E-state index < -0.39 is 0 Å². The maximum absolute atomic E-state index is 3.48. The zero-order chi connectivity index (χ0) is 13.1. The Morgan fingerprint density at radius 1 is 0.722 bits per heavy atom. The molecular weight excluding hydrogens is 284 g/mol. The van der Waals surface area contributed by atoms with Crippen LogP contribution in [-0.2, 0) is 12.8 Å². The highest BCUT2D eigenvalue weighted by atomic mass is 79.9. The second-order valence-corrected chi connectivity index (χ2v) is 5.88. The molecule has 1 rings (SSSR count). The molecule has 1 aromatic carbocycles. The number of unbranched alkanes of at least 4 members (excludes halogenated alkanes) is 6. The normalized spacial score (nSPS) is 10.8. The molecule has 18 heavy (non-hydrogen) atoms. The van der Waals surface area contributed by atoms with E-state index in [4.69, 9.17) is 0 Å². The number of halogens is 1. The molecule has 102 valence electrons. The number of alkyl halides is 1. The van der Waals surface area contributed by atoms with Crippen LogP contribution in [-0.4, -0.2) is 5.33 Å². The summed E-state index contributed by atoms with van der Waals surface area (Å²) in [5.41, 5.74) is 2.96. The molecule has 0 radical (unpaired) electrons. The number of aryl methyl sites for hydroxylation is 2. The average Bonchev–Trinajstić information content (AvgIpc) is 2.42. The van der Waals surface area contributed by atoms with Crippen LogP contribution in [0.1, 0.15) is 63.0 Å². The van der Waals surface area contributed by atoms with Gasteiger partial charge >= 0.3 is 0 Å². The molecule has 1 aromatic rings. The summed E-state index contributed by atoms with van der Waals surface area (Å²) in [4.78, 5) is 0. The second kappa shape index (κ2) is 10.6. The van der Waals surface area contributed by atoms with Crippen molar-refractivity contribution in [3.8, 4) is 0 Å². The highest BCUT2D eigenvalue weighted by molar-refractivity contribution is 9.09. The third-order valence-corrected chi connectivity index (χ3v) is 4.09. The minimum absolute atomic E-state index is 1.15. The quantitative estimate of drug-likeness (QED) is 0.372. The largest absolute Gasteiger partial charge is 0.0928 e. The maximum Gasteiger partial charge on any atom is 0.00313 e. The van der Waals surface area contributed by atoms with Crippen LogP contribution in [0.2, 0.25) is 0 Å². The Morgan fingerprint density at radius 3 is 1.78 bits per heavy atom. The van der Waals surface area contributed by atoms with E-state index in [2.05, 4.69) is 47.1 Å². The molecule has 0 N–H and O–H groups in total. The molecule has 0 atom stereocenters. The SMILES string of the molecule is CCc1ccc(CCCCCCCCCBr)cc1. The van der Waals surface area contributed by atoms with Crippen molar-refractivity contribution in [1.82, 2.24) is 0 Å². The van der Waals surface area contributed by atoms with E-state index in [1.165, 1.54) is 67.8 Å². The standard InChI is InChI=1S/C17H27Br/c1-2-16-11-13-17(14-12-16)10-8-6-4-3-5-7-9-15-18/h11-14H,2-10,15H2,1H3. The van der Waals surface area contributed by atoms with Crippen LogP contribution >= 0.6 is 15.9 Å². The molecule has 0 aliphatic heterocycles. The van der Waals surface area contributed by atoms with Crippen LogP contribution in [0.15, 0.2) is 24.3 Å². The van der Waals surface area contributed by atoms with E-state index in [0.717, 1.165) is 6.42 Å². The summed E-state index contributed by atoms with van der Waals surface area (Å²) < 4.78 is 0. The smallest absolute Gasteiger partial charge is 0.00313 e. The van der Waals surface area contributed by atoms with Gasteiger partial charge < -0.3 is 0 Å². The van der Waals surface area contributed by atoms with Gasteiger partial charge in [-0.3, -0.25) is 0 Å². The van der Waals surface area contributed by atoms with E-state index in [-0.39, 0.29) is 0 Å². The molecular formula is C17H27Br. The van der Waals surface area contributed by atoms with Crippen molar-refractivity contribution in [2.24, 2.45) is 0 Å². The molecule has 0 saturated carbocycles. The molecule has 0 spiro atoms. The number of benzene rings is 1. The number of rotatable bonds is 10. The van der Waals surface area contributed by atoms with Gasteiger partial charge in [0.15, 0.2) is 0 Å². The van der Waals surface area contributed by atoms with Gasteiger partial charge in [0.2, 0.25) is 0 Å². The Labute approximate surface area is 121 Å². The van der Waals surface area contributed by atoms with Gasteiger partial charge in [0.05, 0.1) is 0 Å². The molecule has 0 saturated heterocycles. The van der Waals surface area contributed by atoms with Gasteiger partial charge in [0, 0.05) is 5.33 Å². The van der Waals surface area contributed by atoms with E-state index in [1.807, 2.05) is 0 Å². The lowest BCUT2D eigenvalue weighted by atomic mass is 10.0. The molecule has 0 aromatic heterocycles. The van der Waals surface area contributed by atoms with Gasteiger partial charge in [-0.1, -0.05) is 79.2 Å². The van der Waals surface area contributed by atoms with Crippen molar-refractivity contribution in [3.05, 3.63) is 35.4 Å². The zero-order valence-corrected chi connectivity index (χ0v) is 13.3. The highest BCUT2D eigenvalue weighted by Gasteiger charge is 1.95. The van der Waals surface area contributed by atoms with Crippen LogP contribution in [0.25, 0.3) is 0 Å². The maximum atomic E-state index is 3.48. The molecule has 0 fully saturated rings. The Morgan fingerprint density at radius 2 is 1.22 bits per heavy atom. The van der Waals surface area contributed by atoms with Crippen molar-refractivity contribution < 1.29 is 0 Å². The Kier molecular flexibility index (Phi) is 9.28. The third-order valence-electron chi connectivity index (χ3n) is 3.53. The van der Waals surface area contributed by atoms with Gasteiger partial charge in [-0.15, -0.1) is 0 Å². The van der Waals surface area contributed by atoms with Crippen LogP contribution in [0.5, 0.6) is 0 Å². The molecule has 1 heteroatoms. The fourth-order valence-corrected chi connectivity index (χ4v) is 2.65. The summed E-state index contributed by atoms with van der Waals surface area (Å²) in [6, 6.07) is 9.15. The number of hydrogen-bond acceptors (Lipinski definition) is 0. The molecule has 0 heterocycles. The van der Waals surface area contributed by atoms with Crippen LogP contribution < -0.4 is 0 Å². The lowest BCUT2D eigenvalue weighted by molar-refractivity contribution is 0.591. The molecule has 0 unspecified atom stereocenters. The van der Waals surface area contributed by atoms with Gasteiger partial charge in [0.1, 0.15) is 0 Å². The van der Waals surface area contributed by atoms with Crippen LogP contribution in [0, 0.1) is 0 Å². The summed E-state index contributed by atoms with van der Waals surface area (Å²) in [6.07, 6.45) is 12.1. The topological polar surface area (TPSA) is 0 Å².